The van der Waals surface area contributed by atoms with E-state index in [2.05, 4.69) is 15.5 Å². The summed E-state index contributed by atoms with van der Waals surface area (Å²) >= 11 is 2.49. The van der Waals surface area contributed by atoms with Crippen LogP contribution in [0.25, 0.3) is 0 Å². The number of nitrogens with one attached hydrogen (secondary N) is 1. The number of furan rings is 1. The molecule has 0 aliphatic rings. The molecule has 3 aromatic rings. The van der Waals surface area contributed by atoms with Crippen molar-refractivity contribution in [2.45, 2.75) is 11.7 Å². The lowest BCUT2D eigenvalue weighted by atomic mass is 10.3. The van der Waals surface area contributed by atoms with Gasteiger partial charge in [0.1, 0.15) is 17.1 Å². The lowest BCUT2D eigenvalue weighted by molar-refractivity contribution is -0.113. The molecule has 0 aliphatic heterocycles. The van der Waals surface area contributed by atoms with E-state index >= 15 is 0 Å². The molecule has 24 heavy (non-hydrogen) atoms. The Kier molecular flexibility index (Phi) is 4.96. The Labute approximate surface area is 145 Å². The van der Waals surface area contributed by atoms with Crippen LogP contribution >= 0.6 is 23.1 Å². The van der Waals surface area contributed by atoms with E-state index in [4.69, 9.17) is 10.2 Å². The number of nitrogens with zero attached hydrogens (tertiary/aromatic N) is 3. The van der Waals surface area contributed by atoms with Gasteiger partial charge >= 0.3 is 0 Å². The standard InChI is InChI=1S/C14H13N5O3S2/c15-12(21)10-3-5-23-13(10)17-11(20)7-24-14-18-16-8-19(14)6-9-2-1-4-22-9/h1-5,8H,6-7H2,(H2,15,21)(H,17,20). The number of aromatic nitrogens is 3. The summed E-state index contributed by atoms with van der Waals surface area (Å²) in [5, 5.41) is 13.3. The third-order valence-electron chi connectivity index (χ3n) is 3.00. The lowest BCUT2D eigenvalue weighted by Gasteiger charge is -2.05. The van der Waals surface area contributed by atoms with Crippen LogP contribution in [-0.2, 0) is 11.3 Å². The van der Waals surface area contributed by atoms with Crippen molar-refractivity contribution >= 4 is 39.9 Å². The Bertz CT molecular complexity index is 840. The third-order valence-corrected chi connectivity index (χ3v) is 4.81. The Morgan fingerprint density at radius 2 is 2.29 bits per heavy atom. The van der Waals surface area contributed by atoms with E-state index in [1.54, 1.807) is 34.7 Å². The van der Waals surface area contributed by atoms with Gasteiger partial charge in [0.15, 0.2) is 5.16 Å². The summed E-state index contributed by atoms with van der Waals surface area (Å²) in [5.74, 6) is 0.0770. The molecule has 0 aliphatic carbocycles. The number of amides is 2. The van der Waals surface area contributed by atoms with Crippen LogP contribution in [0.2, 0.25) is 0 Å². The van der Waals surface area contributed by atoms with Gasteiger partial charge in [-0.1, -0.05) is 11.8 Å². The molecule has 0 saturated carbocycles. The summed E-state index contributed by atoms with van der Waals surface area (Å²) in [6.07, 6.45) is 3.17. The van der Waals surface area contributed by atoms with Crippen molar-refractivity contribution in [3.63, 3.8) is 0 Å². The molecule has 3 rings (SSSR count). The molecule has 124 valence electrons. The van der Waals surface area contributed by atoms with Crippen LogP contribution < -0.4 is 11.1 Å². The van der Waals surface area contributed by atoms with Crippen LogP contribution in [0.15, 0.2) is 45.7 Å². The molecule has 0 aromatic carbocycles. The second-order valence-corrected chi connectivity index (χ2v) is 6.54. The van der Waals surface area contributed by atoms with Gasteiger partial charge in [0, 0.05) is 0 Å². The average Bonchev–Trinajstić information content (AvgIpc) is 3.27. The zero-order valence-electron chi connectivity index (χ0n) is 12.3. The van der Waals surface area contributed by atoms with Gasteiger partial charge in [0.2, 0.25) is 5.91 Å². The third kappa shape index (κ3) is 3.84. The van der Waals surface area contributed by atoms with Gasteiger partial charge in [-0.3, -0.25) is 9.59 Å². The van der Waals surface area contributed by atoms with Gasteiger partial charge in [-0.15, -0.1) is 21.5 Å². The van der Waals surface area contributed by atoms with Gasteiger partial charge in [-0.25, -0.2) is 0 Å². The van der Waals surface area contributed by atoms with E-state index in [1.807, 2.05) is 6.07 Å². The molecule has 0 unspecified atom stereocenters. The van der Waals surface area contributed by atoms with Crippen LogP contribution in [0.3, 0.4) is 0 Å². The zero-order chi connectivity index (χ0) is 16.9. The molecular weight excluding hydrogens is 350 g/mol. The predicted molar refractivity (Wildman–Crippen MR) is 90.0 cm³/mol. The van der Waals surface area contributed by atoms with Crippen molar-refractivity contribution in [1.29, 1.82) is 0 Å². The van der Waals surface area contributed by atoms with E-state index in [0.717, 1.165) is 5.76 Å². The van der Waals surface area contributed by atoms with Crippen LogP contribution in [-0.4, -0.2) is 32.3 Å². The number of rotatable bonds is 7. The number of thiophene rings is 1. The lowest BCUT2D eigenvalue weighted by Crippen LogP contribution is -2.18. The largest absolute Gasteiger partial charge is 0.467 e. The van der Waals surface area contributed by atoms with Crippen molar-refractivity contribution in [3.05, 3.63) is 47.5 Å². The first kappa shape index (κ1) is 16.3. The molecule has 0 atom stereocenters. The first-order chi connectivity index (χ1) is 11.6. The summed E-state index contributed by atoms with van der Waals surface area (Å²) in [4.78, 5) is 23.3. The summed E-state index contributed by atoms with van der Waals surface area (Å²) in [6.45, 7) is 0.487. The molecule has 0 saturated heterocycles. The SMILES string of the molecule is NC(=O)c1ccsc1NC(=O)CSc1nncn1Cc1ccco1. The van der Waals surface area contributed by atoms with E-state index in [1.165, 1.54) is 23.1 Å². The first-order valence-electron chi connectivity index (χ1n) is 6.83. The molecular formula is C14H13N5O3S2. The topological polar surface area (TPSA) is 116 Å². The minimum atomic E-state index is -0.572. The molecule has 0 bridgehead atoms. The maximum Gasteiger partial charge on any atom is 0.251 e. The molecule has 0 spiro atoms. The number of nitrogens with two attached hydrogens (primary N) is 1. The zero-order valence-corrected chi connectivity index (χ0v) is 14.0. The van der Waals surface area contributed by atoms with Gasteiger partial charge < -0.3 is 20.0 Å². The summed E-state index contributed by atoms with van der Waals surface area (Å²) in [6, 6.07) is 5.23. The van der Waals surface area contributed by atoms with Gasteiger partial charge in [-0.2, -0.15) is 0 Å². The van der Waals surface area contributed by atoms with Crippen molar-refractivity contribution < 1.29 is 14.0 Å². The fourth-order valence-electron chi connectivity index (χ4n) is 1.93. The van der Waals surface area contributed by atoms with Crippen LogP contribution in [0.1, 0.15) is 16.1 Å². The Morgan fingerprint density at radius 3 is 3.04 bits per heavy atom. The van der Waals surface area contributed by atoms with Crippen molar-refractivity contribution in [2.24, 2.45) is 5.73 Å². The minimum Gasteiger partial charge on any atom is -0.467 e. The molecule has 3 heterocycles. The highest BCUT2D eigenvalue weighted by Gasteiger charge is 2.14. The Balaban J connectivity index is 1.58. The smallest absolute Gasteiger partial charge is 0.251 e. The van der Waals surface area contributed by atoms with Crippen LogP contribution in [0.4, 0.5) is 5.00 Å². The van der Waals surface area contributed by atoms with Crippen molar-refractivity contribution in [2.75, 3.05) is 11.1 Å². The van der Waals surface area contributed by atoms with Gasteiger partial charge in [0.05, 0.1) is 24.1 Å². The Hall–Kier alpha value is -2.59. The molecule has 2 amide bonds. The number of carbonyl (C=O) groups is 2. The molecule has 10 heteroatoms. The number of thioether (sulfide) groups is 1. The highest BCUT2D eigenvalue weighted by molar-refractivity contribution is 7.99. The Morgan fingerprint density at radius 1 is 1.42 bits per heavy atom. The molecule has 0 radical (unpaired) electrons. The molecule has 0 fully saturated rings. The van der Waals surface area contributed by atoms with E-state index in [9.17, 15) is 9.59 Å². The normalized spacial score (nSPS) is 10.7. The summed E-state index contributed by atoms with van der Waals surface area (Å²) < 4.78 is 7.07. The number of hydrogen-bond donors (Lipinski definition) is 2. The second kappa shape index (κ2) is 7.32. The van der Waals surface area contributed by atoms with Crippen LogP contribution in [0.5, 0.6) is 0 Å². The van der Waals surface area contributed by atoms with E-state index < -0.39 is 5.91 Å². The first-order valence-corrected chi connectivity index (χ1v) is 8.70. The molecule has 3 N–H and O–H groups in total. The van der Waals surface area contributed by atoms with Gasteiger partial charge in [0.25, 0.3) is 5.91 Å². The molecule has 3 aromatic heterocycles. The molecule has 8 nitrogen and oxygen atoms in total. The summed E-state index contributed by atoms with van der Waals surface area (Å²) in [7, 11) is 0. The fraction of sp³-hybridized carbons (Fsp3) is 0.143. The predicted octanol–water partition coefficient (Wildman–Crippen LogP) is 1.81. The van der Waals surface area contributed by atoms with E-state index in [0.29, 0.717) is 22.3 Å². The van der Waals surface area contributed by atoms with Crippen molar-refractivity contribution in [1.82, 2.24) is 14.8 Å². The number of primary amides is 1. The van der Waals surface area contributed by atoms with E-state index in [-0.39, 0.29) is 11.7 Å². The highest BCUT2D eigenvalue weighted by Crippen LogP contribution is 2.23. The average molecular weight is 363 g/mol. The maximum atomic E-state index is 12.1. The highest BCUT2D eigenvalue weighted by atomic mass is 32.2. The summed E-state index contributed by atoms with van der Waals surface area (Å²) in [5.41, 5.74) is 5.56. The van der Waals surface area contributed by atoms with Crippen molar-refractivity contribution in [3.8, 4) is 0 Å². The van der Waals surface area contributed by atoms with Crippen LogP contribution in [0, 0.1) is 0 Å². The quantitative estimate of drug-likeness (QED) is 0.619. The minimum absolute atomic E-state index is 0.132. The fourth-order valence-corrected chi connectivity index (χ4v) is 3.45. The second-order valence-electron chi connectivity index (χ2n) is 4.69. The number of carbonyl (C=O) groups excluding carboxylic acids is 2. The number of hydrogen-bond acceptors (Lipinski definition) is 7. The monoisotopic (exact) mass is 363 g/mol. The number of anilines is 1. The maximum absolute atomic E-state index is 12.1. The van der Waals surface area contributed by atoms with Gasteiger partial charge in [-0.05, 0) is 23.6 Å².